The third-order valence-electron chi connectivity index (χ3n) is 2.74. The van der Waals surface area contributed by atoms with Gasteiger partial charge in [0.25, 0.3) is 5.91 Å². The summed E-state index contributed by atoms with van der Waals surface area (Å²) in [5.74, 6) is -1.24. The maximum absolute atomic E-state index is 12.0. The fourth-order valence-electron chi connectivity index (χ4n) is 1.75. The molecular formula is C14H14N2O4. The Kier molecular flexibility index (Phi) is 4.17. The van der Waals surface area contributed by atoms with Gasteiger partial charge in [0.1, 0.15) is 5.76 Å². The number of nitrogens with two attached hydrogens (primary N) is 1. The van der Waals surface area contributed by atoms with E-state index in [2.05, 4.69) is 5.32 Å². The number of benzene rings is 1. The van der Waals surface area contributed by atoms with Crippen LogP contribution in [0.1, 0.15) is 27.9 Å². The molecule has 0 aliphatic rings. The molecule has 2 rings (SSSR count). The first-order valence-corrected chi connectivity index (χ1v) is 5.99. The van der Waals surface area contributed by atoms with Gasteiger partial charge in [-0.1, -0.05) is 30.3 Å². The molecule has 0 unspecified atom stereocenters. The molecule has 0 saturated carbocycles. The van der Waals surface area contributed by atoms with Crippen LogP contribution in [0.15, 0.2) is 46.9 Å². The van der Waals surface area contributed by atoms with E-state index in [1.54, 1.807) is 36.4 Å². The average molecular weight is 274 g/mol. The summed E-state index contributed by atoms with van der Waals surface area (Å²) in [6.45, 7) is 0.175. The van der Waals surface area contributed by atoms with Crippen molar-refractivity contribution in [3.8, 4) is 0 Å². The van der Waals surface area contributed by atoms with Crippen LogP contribution >= 0.6 is 0 Å². The monoisotopic (exact) mass is 274 g/mol. The van der Waals surface area contributed by atoms with Gasteiger partial charge in [0.05, 0.1) is 6.54 Å². The molecule has 0 aliphatic carbocycles. The highest BCUT2D eigenvalue weighted by Crippen LogP contribution is 2.15. The van der Waals surface area contributed by atoms with Gasteiger partial charge in [-0.25, -0.2) is 4.79 Å². The molecule has 1 atom stereocenters. The van der Waals surface area contributed by atoms with Gasteiger partial charge in [-0.05, 0) is 17.7 Å². The molecule has 0 saturated heterocycles. The molecule has 20 heavy (non-hydrogen) atoms. The quantitative estimate of drug-likeness (QED) is 0.762. The summed E-state index contributed by atoms with van der Waals surface area (Å²) in [4.78, 5) is 23.2. The summed E-state index contributed by atoms with van der Waals surface area (Å²) in [6, 6.07) is 10.3. The summed E-state index contributed by atoms with van der Waals surface area (Å²) >= 11 is 0. The van der Waals surface area contributed by atoms with Crippen LogP contribution in [0.2, 0.25) is 0 Å². The van der Waals surface area contributed by atoms with Gasteiger partial charge in [-0.2, -0.15) is 0 Å². The highest BCUT2D eigenvalue weighted by Gasteiger charge is 2.23. The molecule has 1 aromatic carbocycles. The molecule has 1 heterocycles. The number of carbonyl (C=O) groups excluding carboxylic acids is 1. The van der Waals surface area contributed by atoms with Crippen molar-refractivity contribution in [2.75, 3.05) is 0 Å². The first-order valence-electron chi connectivity index (χ1n) is 5.99. The lowest BCUT2D eigenvalue weighted by Gasteiger charge is -2.13. The first-order chi connectivity index (χ1) is 9.61. The van der Waals surface area contributed by atoms with Crippen molar-refractivity contribution in [2.24, 2.45) is 5.73 Å². The molecule has 1 aromatic heterocycles. The minimum absolute atomic E-state index is 0.0348. The fraction of sp³-hybridized carbons (Fsp3) is 0.143. The second-order valence-corrected chi connectivity index (χ2v) is 4.13. The largest absolute Gasteiger partial charge is 0.479 e. The number of carboxylic acid groups (broad SMARTS) is 1. The lowest BCUT2D eigenvalue weighted by atomic mass is 10.1. The van der Waals surface area contributed by atoms with Gasteiger partial charge in [-0.15, -0.1) is 0 Å². The topological polar surface area (TPSA) is 106 Å². The second kappa shape index (κ2) is 6.03. The van der Waals surface area contributed by atoms with E-state index >= 15 is 0 Å². The van der Waals surface area contributed by atoms with Gasteiger partial charge in [0.15, 0.2) is 11.8 Å². The number of amides is 1. The third kappa shape index (κ3) is 3.04. The zero-order chi connectivity index (χ0) is 14.5. The third-order valence-corrected chi connectivity index (χ3v) is 2.74. The lowest BCUT2D eigenvalue weighted by molar-refractivity contribution is -0.139. The van der Waals surface area contributed by atoms with Crippen LogP contribution in [0, 0.1) is 0 Å². The zero-order valence-corrected chi connectivity index (χ0v) is 10.6. The van der Waals surface area contributed by atoms with Gasteiger partial charge in [0.2, 0.25) is 0 Å². The molecule has 0 aliphatic heterocycles. The van der Waals surface area contributed by atoms with Gasteiger partial charge in [0, 0.05) is 0 Å². The van der Waals surface area contributed by atoms with Crippen molar-refractivity contribution in [1.29, 1.82) is 0 Å². The number of hydrogen-bond acceptors (Lipinski definition) is 4. The molecular weight excluding hydrogens is 260 g/mol. The molecule has 104 valence electrons. The zero-order valence-electron chi connectivity index (χ0n) is 10.6. The van der Waals surface area contributed by atoms with Crippen molar-refractivity contribution < 1.29 is 19.1 Å². The van der Waals surface area contributed by atoms with Crippen LogP contribution in [-0.4, -0.2) is 17.0 Å². The Balaban J connectivity index is 2.16. The summed E-state index contributed by atoms with van der Waals surface area (Å²) in [5, 5.41) is 11.6. The Morgan fingerprint density at radius 3 is 2.45 bits per heavy atom. The Morgan fingerprint density at radius 1 is 1.20 bits per heavy atom. The Labute approximate surface area is 115 Å². The highest BCUT2D eigenvalue weighted by atomic mass is 16.4. The number of carboxylic acids is 1. The fourth-order valence-corrected chi connectivity index (χ4v) is 1.75. The van der Waals surface area contributed by atoms with Crippen molar-refractivity contribution in [3.63, 3.8) is 0 Å². The van der Waals surface area contributed by atoms with E-state index in [0.717, 1.165) is 0 Å². The number of hydrogen-bond donors (Lipinski definition) is 3. The average Bonchev–Trinajstić information content (AvgIpc) is 2.94. The Hall–Kier alpha value is -2.60. The summed E-state index contributed by atoms with van der Waals surface area (Å²) in [5.41, 5.74) is 5.87. The maximum atomic E-state index is 12.0. The van der Waals surface area contributed by atoms with Crippen LogP contribution in [0.3, 0.4) is 0 Å². The van der Waals surface area contributed by atoms with E-state index in [1.807, 2.05) is 0 Å². The van der Waals surface area contributed by atoms with E-state index in [9.17, 15) is 14.7 Å². The summed E-state index contributed by atoms with van der Waals surface area (Å²) < 4.78 is 5.18. The molecule has 2 aromatic rings. The molecule has 1 amide bonds. The minimum atomic E-state index is -1.14. The summed E-state index contributed by atoms with van der Waals surface area (Å²) in [7, 11) is 0. The van der Waals surface area contributed by atoms with Crippen molar-refractivity contribution in [3.05, 3.63) is 59.5 Å². The van der Waals surface area contributed by atoms with E-state index in [0.29, 0.717) is 11.3 Å². The van der Waals surface area contributed by atoms with Crippen LogP contribution < -0.4 is 11.1 Å². The minimum Gasteiger partial charge on any atom is -0.479 e. The van der Waals surface area contributed by atoms with Gasteiger partial charge < -0.3 is 20.6 Å². The first kappa shape index (κ1) is 13.8. The van der Waals surface area contributed by atoms with Crippen LogP contribution in [0.5, 0.6) is 0 Å². The molecule has 0 bridgehead atoms. The number of rotatable bonds is 5. The second-order valence-electron chi connectivity index (χ2n) is 4.13. The number of furan rings is 1. The standard InChI is InChI=1S/C14H14N2O4/c15-8-10-6-7-11(20-10)13(17)16-12(14(18)19)9-4-2-1-3-5-9/h1-7,12H,8,15H2,(H,16,17)(H,18,19)/t12-/m1/s1. The van der Waals surface area contributed by atoms with Crippen LogP contribution in [-0.2, 0) is 11.3 Å². The van der Waals surface area contributed by atoms with E-state index < -0.39 is 17.9 Å². The maximum Gasteiger partial charge on any atom is 0.330 e. The molecule has 0 fully saturated rings. The van der Waals surface area contributed by atoms with Gasteiger partial charge >= 0.3 is 5.97 Å². The predicted octanol–water partition coefficient (Wildman–Crippen LogP) is 1.29. The van der Waals surface area contributed by atoms with Crippen molar-refractivity contribution >= 4 is 11.9 Å². The SMILES string of the molecule is NCc1ccc(C(=O)N[C@@H](C(=O)O)c2ccccc2)o1. The molecule has 4 N–H and O–H groups in total. The Bertz CT molecular complexity index is 607. The van der Waals surface area contributed by atoms with Crippen molar-refractivity contribution in [2.45, 2.75) is 12.6 Å². The normalized spacial score (nSPS) is 11.8. The van der Waals surface area contributed by atoms with E-state index in [4.69, 9.17) is 10.2 Å². The van der Waals surface area contributed by atoms with Crippen LogP contribution in [0.4, 0.5) is 0 Å². The predicted molar refractivity (Wildman–Crippen MR) is 70.9 cm³/mol. The molecule has 0 spiro atoms. The van der Waals surface area contributed by atoms with Crippen LogP contribution in [0.25, 0.3) is 0 Å². The van der Waals surface area contributed by atoms with E-state index in [-0.39, 0.29) is 12.3 Å². The highest BCUT2D eigenvalue weighted by molar-refractivity contribution is 5.94. The smallest absolute Gasteiger partial charge is 0.330 e. The van der Waals surface area contributed by atoms with Gasteiger partial charge in [-0.3, -0.25) is 4.79 Å². The number of nitrogens with one attached hydrogen (secondary N) is 1. The lowest BCUT2D eigenvalue weighted by Crippen LogP contribution is -2.33. The molecule has 6 heteroatoms. The molecule has 6 nitrogen and oxygen atoms in total. The molecule has 0 radical (unpaired) electrons. The Morgan fingerprint density at radius 2 is 1.90 bits per heavy atom. The number of aliphatic carboxylic acids is 1. The number of carbonyl (C=O) groups is 2. The van der Waals surface area contributed by atoms with Crippen molar-refractivity contribution in [1.82, 2.24) is 5.32 Å². The summed E-state index contributed by atoms with van der Waals surface area (Å²) in [6.07, 6.45) is 0. The van der Waals surface area contributed by atoms with E-state index in [1.165, 1.54) is 6.07 Å².